The molecule has 0 unspecified atom stereocenters. The number of nitrogens with zero attached hydrogens (tertiary/aromatic N) is 1. The molecule has 0 heterocycles. The predicted octanol–water partition coefficient (Wildman–Crippen LogP) is 4.32. The lowest BCUT2D eigenvalue weighted by molar-refractivity contribution is 0.0988. The zero-order valence-electron chi connectivity index (χ0n) is 11.1. The molecule has 0 bridgehead atoms. The summed E-state index contributed by atoms with van der Waals surface area (Å²) in [5, 5.41) is 0.634. The van der Waals surface area contributed by atoms with Crippen LogP contribution in [0.3, 0.4) is 0 Å². The normalized spacial score (nSPS) is 10.3. The molecule has 3 heteroatoms. The van der Waals surface area contributed by atoms with Gasteiger partial charge in [0.25, 0.3) is 5.91 Å². The van der Waals surface area contributed by atoms with Crippen molar-refractivity contribution in [1.29, 1.82) is 0 Å². The fourth-order valence-corrected chi connectivity index (χ4v) is 2.11. The molecule has 2 aromatic carbocycles. The van der Waals surface area contributed by atoms with Crippen LogP contribution in [0.4, 0.5) is 5.69 Å². The van der Waals surface area contributed by atoms with Crippen LogP contribution in [0.5, 0.6) is 0 Å². The zero-order chi connectivity index (χ0) is 13.8. The molecule has 0 aliphatic rings. The first-order valence-electron chi connectivity index (χ1n) is 6.26. The molecule has 0 saturated carbocycles. The summed E-state index contributed by atoms with van der Waals surface area (Å²) in [6, 6.07) is 14.9. The Morgan fingerprint density at radius 2 is 1.84 bits per heavy atom. The van der Waals surface area contributed by atoms with E-state index in [2.05, 4.69) is 0 Å². The van der Waals surface area contributed by atoms with Gasteiger partial charge in [-0.1, -0.05) is 23.7 Å². The van der Waals surface area contributed by atoms with E-state index in [9.17, 15) is 4.79 Å². The molecular weight excluding hydrogens is 258 g/mol. The van der Waals surface area contributed by atoms with Crippen LogP contribution in [0.1, 0.15) is 22.8 Å². The van der Waals surface area contributed by atoms with Crippen LogP contribution in [0, 0.1) is 6.92 Å². The first-order chi connectivity index (χ1) is 9.11. The predicted molar refractivity (Wildman–Crippen MR) is 80.0 cm³/mol. The summed E-state index contributed by atoms with van der Waals surface area (Å²) in [5.74, 6) is -0.00948. The molecule has 0 aliphatic heterocycles. The molecule has 1 amide bonds. The summed E-state index contributed by atoms with van der Waals surface area (Å²) in [5.41, 5.74) is 2.70. The van der Waals surface area contributed by atoms with Gasteiger partial charge in [-0.05, 0) is 55.8 Å². The second-order valence-electron chi connectivity index (χ2n) is 4.40. The Morgan fingerprint density at radius 1 is 1.16 bits per heavy atom. The third kappa shape index (κ3) is 3.15. The summed E-state index contributed by atoms with van der Waals surface area (Å²) in [7, 11) is 0. The van der Waals surface area contributed by atoms with Crippen LogP contribution in [0.2, 0.25) is 5.02 Å². The molecule has 0 saturated heterocycles. The summed E-state index contributed by atoms with van der Waals surface area (Å²) >= 11 is 5.84. The molecule has 0 spiro atoms. The van der Waals surface area contributed by atoms with Crippen molar-refractivity contribution >= 4 is 23.2 Å². The molecule has 0 atom stereocenters. The third-order valence-corrected chi connectivity index (χ3v) is 3.22. The van der Waals surface area contributed by atoms with Crippen LogP contribution in [0.15, 0.2) is 48.5 Å². The maximum Gasteiger partial charge on any atom is 0.258 e. The highest BCUT2D eigenvalue weighted by Crippen LogP contribution is 2.19. The highest BCUT2D eigenvalue weighted by molar-refractivity contribution is 6.30. The van der Waals surface area contributed by atoms with Crippen molar-refractivity contribution < 1.29 is 4.79 Å². The molecule has 0 radical (unpaired) electrons. The van der Waals surface area contributed by atoms with Crippen LogP contribution in [0.25, 0.3) is 0 Å². The van der Waals surface area contributed by atoms with Crippen LogP contribution in [-0.4, -0.2) is 12.5 Å². The van der Waals surface area contributed by atoms with Gasteiger partial charge >= 0.3 is 0 Å². The molecule has 2 rings (SSSR count). The summed E-state index contributed by atoms with van der Waals surface area (Å²) < 4.78 is 0. The maximum absolute atomic E-state index is 12.5. The number of amides is 1. The van der Waals surface area contributed by atoms with Crippen molar-refractivity contribution in [2.75, 3.05) is 11.4 Å². The second kappa shape index (κ2) is 5.89. The van der Waals surface area contributed by atoms with Crippen molar-refractivity contribution in [1.82, 2.24) is 0 Å². The molecule has 0 aliphatic carbocycles. The van der Waals surface area contributed by atoms with Crippen molar-refractivity contribution in [3.8, 4) is 0 Å². The van der Waals surface area contributed by atoms with E-state index in [4.69, 9.17) is 11.6 Å². The zero-order valence-corrected chi connectivity index (χ0v) is 11.8. The van der Waals surface area contributed by atoms with Gasteiger partial charge in [0.2, 0.25) is 0 Å². The lowest BCUT2D eigenvalue weighted by Gasteiger charge is -2.21. The highest BCUT2D eigenvalue weighted by Gasteiger charge is 2.15. The second-order valence-corrected chi connectivity index (χ2v) is 4.83. The maximum atomic E-state index is 12.5. The van der Waals surface area contributed by atoms with E-state index in [0.29, 0.717) is 17.1 Å². The smallest absolute Gasteiger partial charge is 0.258 e. The van der Waals surface area contributed by atoms with E-state index >= 15 is 0 Å². The molecule has 19 heavy (non-hydrogen) atoms. The minimum absolute atomic E-state index is 0.00948. The summed E-state index contributed by atoms with van der Waals surface area (Å²) in [6.45, 7) is 4.62. The topological polar surface area (TPSA) is 20.3 Å². The number of halogens is 1. The molecule has 2 aromatic rings. The summed E-state index contributed by atoms with van der Waals surface area (Å²) in [6.07, 6.45) is 0. The molecule has 98 valence electrons. The van der Waals surface area contributed by atoms with Crippen molar-refractivity contribution in [2.45, 2.75) is 13.8 Å². The van der Waals surface area contributed by atoms with Gasteiger partial charge in [0.05, 0.1) is 0 Å². The van der Waals surface area contributed by atoms with Crippen LogP contribution in [-0.2, 0) is 0 Å². The van der Waals surface area contributed by atoms with Gasteiger partial charge in [-0.2, -0.15) is 0 Å². The van der Waals surface area contributed by atoms with Crippen LogP contribution >= 0.6 is 11.6 Å². The largest absolute Gasteiger partial charge is 0.309 e. The highest BCUT2D eigenvalue weighted by atomic mass is 35.5. The molecule has 0 fully saturated rings. The standard InChI is InChI=1S/C16H16ClNO/c1-3-18(15-6-4-5-12(2)11-15)16(19)13-7-9-14(17)10-8-13/h4-11H,3H2,1-2H3. The Morgan fingerprint density at radius 3 is 2.42 bits per heavy atom. The fraction of sp³-hybridized carbons (Fsp3) is 0.188. The number of anilines is 1. The van der Waals surface area contributed by atoms with E-state index in [1.807, 2.05) is 38.1 Å². The van der Waals surface area contributed by atoms with Gasteiger partial charge in [-0.15, -0.1) is 0 Å². The van der Waals surface area contributed by atoms with Crippen molar-refractivity contribution in [3.63, 3.8) is 0 Å². The molecule has 0 aromatic heterocycles. The van der Waals surface area contributed by atoms with Gasteiger partial charge in [0.1, 0.15) is 0 Å². The SMILES string of the molecule is CCN(C(=O)c1ccc(Cl)cc1)c1cccc(C)c1. The van der Waals surface area contributed by atoms with E-state index in [-0.39, 0.29) is 5.91 Å². The molecular formula is C16H16ClNO. The van der Waals surface area contributed by atoms with Crippen molar-refractivity contribution in [3.05, 3.63) is 64.7 Å². The van der Waals surface area contributed by atoms with Crippen molar-refractivity contribution in [2.24, 2.45) is 0 Å². The average molecular weight is 274 g/mol. The number of hydrogen-bond donors (Lipinski definition) is 0. The summed E-state index contributed by atoms with van der Waals surface area (Å²) in [4.78, 5) is 14.2. The Kier molecular flexibility index (Phi) is 4.23. The van der Waals surface area contributed by atoms with Gasteiger partial charge in [-0.3, -0.25) is 4.79 Å². The number of rotatable bonds is 3. The van der Waals surface area contributed by atoms with E-state index in [1.54, 1.807) is 29.2 Å². The Bertz CT molecular complexity index is 578. The average Bonchev–Trinajstić information content (AvgIpc) is 2.40. The lowest BCUT2D eigenvalue weighted by Crippen LogP contribution is -2.30. The number of benzene rings is 2. The monoisotopic (exact) mass is 273 g/mol. The van der Waals surface area contributed by atoms with Gasteiger partial charge in [0, 0.05) is 22.8 Å². The molecule has 0 N–H and O–H groups in total. The Hall–Kier alpha value is -1.80. The quantitative estimate of drug-likeness (QED) is 0.816. The fourth-order valence-electron chi connectivity index (χ4n) is 1.99. The lowest BCUT2D eigenvalue weighted by atomic mass is 10.1. The van der Waals surface area contributed by atoms with Crippen LogP contribution < -0.4 is 4.90 Å². The van der Waals surface area contributed by atoms with E-state index < -0.39 is 0 Å². The first-order valence-corrected chi connectivity index (χ1v) is 6.63. The number of carbonyl (C=O) groups is 1. The third-order valence-electron chi connectivity index (χ3n) is 2.97. The Labute approximate surface area is 118 Å². The number of hydrogen-bond acceptors (Lipinski definition) is 1. The van der Waals surface area contributed by atoms with Gasteiger partial charge < -0.3 is 4.90 Å². The number of carbonyl (C=O) groups excluding carboxylic acids is 1. The number of aryl methyl sites for hydroxylation is 1. The molecule has 2 nitrogen and oxygen atoms in total. The Balaban J connectivity index is 2.31. The van der Waals surface area contributed by atoms with E-state index in [0.717, 1.165) is 11.3 Å². The minimum atomic E-state index is -0.00948. The minimum Gasteiger partial charge on any atom is -0.309 e. The van der Waals surface area contributed by atoms with E-state index in [1.165, 1.54) is 0 Å². The van der Waals surface area contributed by atoms with Gasteiger partial charge in [0.15, 0.2) is 0 Å². The first kappa shape index (κ1) is 13.6. The van der Waals surface area contributed by atoms with Gasteiger partial charge in [-0.25, -0.2) is 0 Å².